The molecule has 0 saturated heterocycles. The van der Waals surface area contributed by atoms with Crippen LogP contribution in [0.25, 0.3) is 0 Å². The molecule has 0 heterocycles. The quantitative estimate of drug-likeness (QED) is 0.421. The number of benzene rings is 1. The van der Waals surface area contributed by atoms with Crippen molar-refractivity contribution in [3.8, 4) is 5.75 Å². The van der Waals surface area contributed by atoms with E-state index in [1.165, 1.54) is 0 Å². The molecule has 13 heavy (non-hydrogen) atoms. The van der Waals surface area contributed by atoms with Gasteiger partial charge in [0.25, 0.3) is 5.69 Å². The molecule has 0 aliphatic heterocycles. The molecule has 1 aromatic rings. The van der Waals surface area contributed by atoms with Crippen LogP contribution in [0.15, 0.2) is 12.1 Å². The molecule has 1 rings (SSSR count). The number of halogens is 2. The fourth-order valence-corrected chi connectivity index (χ4v) is 0.979. The number of phenolic OH excluding ortho intramolecular Hbond substituents is 1. The Balaban J connectivity index is 0.00000144. The Hall–Kier alpha value is -1.04. The van der Waals surface area contributed by atoms with Gasteiger partial charge in [0.2, 0.25) is 0 Å². The third kappa shape index (κ3) is 2.45. The number of nitro groups is 1. The summed E-state index contributed by atoms with van der Waals surface area (Å²) in [6.07, 6.45) is 0. The molecule has 0 aliphatic rings. The van der Waals surface area contributed by atoms with Gasteiger partial charge in [-0.25, -0.2) is 0 Å². The largest absolute Gasteiger partial charge is 1.00 e. The molecule has 0 amide bonds. The van der Waals surface area contributed by atoms with Gasteiger partial charge in [-0.1, -0.05) is 11.6 Å². The van der Waals surface area contributed by atoms with E-state index >= 15 is 0 Å². The number of rotatable bonds is 1. The molecule has 4 N–H and O–H groups in total. The minimum atomic E-state index is -0.597. The predicted octanol–water partition coefficient (Wildman–Crippen LogP) is -2.17. The Morgan fingerprint density at radius 2 is 2.08 bits per heavy atom. The van der Waals surface area contributed by atoms with Crippen molar-refractivity contribution in [2.24, 2.45) is 0 Å². The van der Waals surface area contributed by atoms with Crippen molar-refractivity contribution in [2.75, 3.05) is 0 Å². The first-order chi connectivity index (χ1) is 5.52. The molecule has 0 unspecified atom stereocenters. The lowest BCUT2D eigenvalue weighted by Crippen LogP contribution is -3.00. The van der Waals surface area contributed by atoms with Crippen molar-refractivity contribution < 1.29 is 28.2 Å². The molecule has 0 radical (unpaired) electrons. The van der Waals surface area contributed by atoms with Gasteiger partial charge in [0.15, 0.2) is 11.4 Å². The van der Waals surface area contributed by atoms with E-state index in [0.29, 0.717) is 0 Å². The fraction of sp³-hybridized carbons (Fsp3) is 0. The van der Waals surface area contributed by atoms with Gasteiger partial charge in [0.1, 0.15) is 0 Å². The van der Waals surface area contributed by atoms with Crippen LogP contribution >= 0.6 is 11.6 Å². The summed E-state index contributed by atoms with van der Waals surface area (Å²) >= 11 is 5.47. The summed E-state index contributed by atoms with van der Waals surface area (Å²) < 4.78 is 0. The van der Waals surface area contributed by atoms with E-state index < -0.39 is 4.92 Å². The molecule has 0 aliphatic carbocycles. The molecular weight excluding hydrogens is 219 g/mol. The van der Waals surface area contributed by atoms with Crippen LogP contribution in [-0.4, -0.2) is 10.0 Å². The number of hydrogen-bond acceptors (Lipinski definition) is 3. The third-order valence-corrected chi connectivity index (χ3v) is 1.63. The van der Waals surface area contributed by atoms with E-state index in [2.05, 4.69) is 5.73 Å². The number of phenols is 1. The van der Waals surface area contributed by atoms with Crippen LogP contribution in [0, 0.1) is 10.1 Å². The van der Waals surface area contributed by atoms with Gasteiger partial charge in [0.05, 0.1) is 16.0 Å². The molecule has 0 spiro atoms. The first-order valence-electron chi connectivity index (χ1n) is 3.01. The minimum absolute atomic E-state index is 0. The van der Waals surface area contributed by atoms with Gasteiger partial charge < -0.3 is 23.2 Å². The first-order valence-corrected chi connectivity index (χ1v) is 3.39. The zero-order valence-corrected chi connectivity index (χ0v) is 7.84. The third-order valence-electron chi connectivity index (χ3n) is 1.34. The highest BCUT2D eigenvalue weighted by atomic mass is 35.5. The molecule has 5 nitrogen and oxygen atoms in total. The Kier molecular flexibility index (Phi) is 3.93. The van der Waals surface area contributed by atoms with Gasteiger partial charge >= 0.3 is 0 Å². The molecule has 0 atom stereocenters. The minimum Gasteiger partial charge on any atom is -1.00 e. The summed E-state index contributed by atoms with van der Waals surface area (Å²) in [5, 5.41) is 19.3. The second-order valence-corrected chi connectivity index (χ2v) is 2.60. The summed E-state index contributed by atoms with van der Waals surface area (Å²) in [5.74, 6) is -0.220. The summed E-state index contributed by atoms with van der Waals surface area (Å²) in [6.45, 7) is 0. The van der Waals surface area contributed by atoms with Crippen LogP contribution in [-0.2, 0) is 0 Å². The molecule has 72 valence electrons. The number of nitrogens with zero attached hydrogens (tertiary/aromatic N) is 1. The standard InChI is InChI=1S/C6H5ClN2O3.ClH/c7-4-1-3(9(11)12)2-5(8)6(4)10;/h1-2,10H,8H2;1H. The van der Waals surface area contributed by atoms with E-state index in [1.54, 1.807) is 0 Å². The van der Waals surface area contributed by atoms with E-state index in [4.69, 9.17) is 16.7 Å². The summed E-state index contributed by atoms with van der Waals surface area (Å²) in [6, 6.07) is 2.23. The predicted molar refractivity (Wildman–Crippen MR) is 42.3 cm³/mol. The summed E-state index contributed by atoms with van der Waals surface area (Å²) in [7, 11) is 0. The highest BCUT2D eigenvalue weighted by Crippen LogP contribution is 2.32. The summed E-state index contributed by atoms with van der Waals surface area (Å²) in [5.41, 5.74) is 3.35. The number of hydrogen-bond donors (Lipinski definition) is 2. The normalized spacial score (nSPS) is 9.08. The van der Waals surface area contributed by atoms with Crippen LogP contribution in [0.5, 0.6) is 5.75 Å². The lowest BCUT2D eigenvalue weighted by molar-refractivity contribution is -0.385. The molecular formula is C6H6Cl2N2O3. The molecule has 1 aromatic carbocycles. The lowest BCUT2D eigenvalue weighted by atomic mass is 10.2. The molecule has 0 saturated carbocycles. The smallest absolute Gasteiger partial charge is 0.277 e. The van der Waals surface area contributed by atoms with Crippen LogP contribution in [0.2, 0.25) is 5.02 Å². The Bertz CT molecular complexity index is 320. The van der Waals surface area contributed by atoms with Crippen molar-refractivity contribution in [2.45, 2.75) is 0 Å². The fourth-order valence-electron chi connectivity index (χ4n) is 0.746. The number of aromatic hydroxyl groups is 1. The first kappa shape index (κ1) is 12.0. The molecule has 0 bridgehead atoms. The van der Waals surface area contributed by atoms with E-state index in [9.17, 15) is 10.1 Å². The van der Waals surface area contributed by atoms with Gasteiger partial charge in [-0.3, -0.25) is 10.1 Å². The Morgan fingerprint density at radius 1 is 1.54 bits per heavy atom. The SMILES string of the molecule is [Cl-].[NH3+]c1cc([N+](=O)[O-])cc(Cl)c1O. The van der Waals surface area contributed by atoms with Crippen molar-refractivity contribution in [1.82, 2.24) is 0 Å². The maximum Gasteiger partial charge on any atom is 0.277 e. The van der Waals surface area contributed by atoms with E-state index in [1.807, 2.05) is 0 Å². The average molecular weight is 225 g/mol. The summed E-state index contributed by atoms with van der Waals surface area (Å²) in [4.78, 5) is 9.66. The van der Waals surface area contributed by atoms with Crippen molar-refractivity contribution >= 4 is 23.0 Å². The Morgan fingerprint density at radius 3 is 2.46 bits per heavy atom. The van der Waals surface area contributed by atoms with Gasteiger partial charge in [-0.15, -0.1) is 0 Å². The zero-order valence-electron chi connectivity index (χ0n) is 6.33. The monoisotopic (exact) mass is 224 g/mol. The van der Waals surface area contributed by atoms with Gasteiger partial charge in [0, 0.05) is 6.07 Å². The number of quaternary nitrogens is 1. The number of nitro benzene ring substituents is 1. The van der Waals surface area contributed by atoms with Crippen LogP contribution in [0.3, 0.4) is 0 Å². The molecule has 0 fully saturated rings. The second-order valence-electron chi connectivity index (χ2n) is 2.19. The maximum absolute atomic E-state index is 10.3. The highest BCUT2D eigenvalue weighted by Gasteiger charge is 2.14. The topological polar surface area (TPSA) is 91.0 Å². The zero-order chi connectivity index (χ0) is 9.30. The maximum atomic E-state index is 10.3. The van der Waals surface area contributed by atoms with Crippen molar-refractivity contribution in [3.05, 3.63) is 27.3 Å². The lowest BCUT2D eigenvalue weighted by Gasteiger charge is -1.96. The second kappa shape index (κ2) is 4.27. The van der Waals surface area contributed by atoms with E-state index in [0.717, 1.165) is 12.1 Å². The Labute approximate surface area is 84.7 Å². The average Bonchev–Trinajstić information content (AvgIpc) is 1.99. The van der Waals surface area contributed by atoms with Crippen LogP contribution in [0.1, 0.15) is 0 Å². The van der Waals surface area contributed by atoms with Crippen molar-refractivity contribution in [1.29, 1.82) is 0 Å². The number of non-ortho nitro benzene ring substituents is 1. The molecule has 0 aromatic heterocycles. The van der Waals surface area contributed by atoms with Crippen LogP contribution in [0.4, 0.5) is 11.4 Å². The van der Waals surface area contributed by atoms with Crippen molar-refractivity contribution in [3.63, 3.8) is 0 Å². The van der Waals surface area contributed by atoms with Gasteiger partial charge in [-0.05, 0) is 0 Å². The van der Waals surface area contributed by atoms with Gasteiger partial charge in [-0.2, -0.15) is 0 Å². The van der Waals surface area contributed by atoms with E-state index in [-0.39, 0.29) is 34.6 Å². The van der Waals surface area contributed by atoms with Crippen LogP contribution < -0.4 is 18.1 Å². The molecule has 7 heteroatoms. The highest BCUT2D eigenvalue weighted by molar-refractivity contribution is 6.32.